The summed E-state index contributed by atoms with van der Waals surface area (Å²) in [5, 5.41) is 0. The molecule has 0 saturated carbocycles. The highest BCUT2D eigenvalue weighted by Crippen LogP contribution is 2.28. The van der Waals surface area contributed by atoms with Crippen molar-refractivity contribution in [3.05, 3.63) is 29.6 Å². The van der Waals surface area contributed by atoms with Gasteiger partial charge in [0.1, 0.15) is 5.82 Å². The Kier molecular flexibility index (Phi) is 4.94. The zero-order chi connectivity index (χ0) is 13.0. The zero-order valence-corrected chi connectivity index (χ0v) is 11.2. The first kappa shape index (κ1) is 14.0. The Bertz CT molecular complexity index is 359. The van der Waals surface area contributed by atoms with Crippen molar-refractivity contribution < 1.29 is 4.39 Å². The molecule has 17 heavy (non-hydrogen) atoms. The fourth-order valence-corrected chi connectivity index (χ4v) is 2.24. The van der Waals surface area contributed by atoms with Crippen LogP contribution in [0.25, 0.3) is 0 Å². The molecule has 0 aliphatic heterocycles. The maximum atomic E-state index is 13.3. The number of rotatable bonds is 5. The standard InChI is InChI=1S/C14H23FN2/c1-5-12(6-2)17(4)14-8-7-11(15)9-13(14)10(3)16/h7-10,12H,5-6,16H2,1-4H3. The van der Waals surface area contributed by atoms with Crippen LogP contribution >= 0.6 is 0 Å². The minimum Gasteiger partial charge on any atom is -0.371 e. The van der Waals surface area contributed by atoms with Crippen molar-refractivity contribution in [3.8, 4) is 0 Å². The second-order valence-corrected chi connectivity index (χ2v) is 4.57. The van der Waals surface area contributed by atoms with Crippen LogP contribution in [0.2, 0.25) is 0 Å². The average molecular weight is 238 g/mol. The molecule has 0 aliphatic carbocycles. The predicted octanol–water partition coefficient (Wildman–Crippen LogP) is 3.47. The molecule has 1 rings (SSSR count). The monoisotopic (exact) mass is 238 g/mol. The van der Waals surface area contributed by atoms with Gasteiger partial charge in [0.2, 0.25) is 0 Å². The number of nitrogens with two attached hydrogens (primary N) is 1. The average Bonchev–Trinajstić information content (AvgIpc) is 2.30. The van der Waals surface area contributed by atoms with Gasteiger partial charge in [0.15, 0.2) is 0 Å². The maximum Gasteiger partial charge on any atom is 0.123 e. The molecule has 0 saturated heterocycles. The lowest BCUT2D eigenvalue weighted by Crippen LogP contribution is -2.31. The van der Waals surface area contributed by atoms with Crippen LogP contribution in [0.1, 0.15) is 45.2 Å². The molecule has 1 unspecified atom stereocenters. The van der Waals surface area contributed by atoms with Crippen molar-refractivity contribution in [2.24, 2.45) is 5.73 Å². The molecular weight excluding hydrogens is 215 g/mol. The van der Waals surface area contributed by atoms with Crippen LogP contribution in [0.3, 0.4) is 0 Å². The van der Waals surface area contributed by atoms with Gasteiger partial charge in [-0.25, -0.2) is 4.39 Å². The minimum atomic E-state index is -0.223. The zero-order valence-electron chi connectivity index (χ0n) is 11.2. The van der Waals surface area contributed by atoms with Gasteiger partial charge in [-0.3, -0.25) is 0 Å². The second-order valence-electron chi connectivity index (χ2n) is 4.57. The Balaban J connectivity index is 3.11. The summed E-state index contributed by atoms with van der Waals surface area (Å²) < 4.78 is 13.3. The summed E-state index contributed by atoms with van der Waals surface area (Å²) in [6, 6.07) is 5.18. The van der Waals surface area contributed by atoms with E-state index >= 15 is 0 Å². The third kappa shape index (κ3) is 3.19. The van der Waals surface area contributed by atoms with E-state index in [9.17, 15) is 4.39 Å². The van der Waals surface area contributed by atoms with Crippen LogP contribution in [0, 0.1) is 5.82 Å². The smallest absolute Gasteiger partial charge is 0.123 e. The molecule has 2 nitrogen and oxygen atoms in total. The lowest BCUT2D eigenvalue weighted by Gasteiger charge is -2.31. The minimum absolute atomic E-state index is 0.155. The molecule has 1 atom stereocenters. The predicted molar refractivity (Wildman–Crippen MR) is 71.8 cm³/mol. The van der Waals surface area contributed by atoms with Crippen molar-refractivity contribution in [2.45, 2.75) is 45.7 Å². The topological polar surface area (TPSA) is 29.3 Å². The fourth-order valence-electron chi connectivity index (χ4n) is 2.24. The Morgan fingerprint density at radius 3 is 2.35 bits per heavy atom. The molecule has 2 N–H and O–H groups in total. The van der Waals surface area contributed by atoms with Crippen LogP contribution in [0.5, 0.6) is 0 Å². The van der Waals surface area contributed by atoms with Gasteiger partial charge in [0.05, 0.1) is 0 Å². The molecule has 96 valence electrons. The Labute approximate surface area is 104 Å². The molecule has 0 spiro atoms. The normalized spacial score (nSPS) is 12.9. The SMILES string of the molecule is CCC(CC)N(C)c1ccc(F)cc1C(C)N. The van der Waals surface area contributed by atoms with Crippen LogP contribution in [0.15, 0.2) is 18.2 Å². The molecule has 0 amide bonds. The molecule has 0 heterocycles. The molecule has 0 bridgehead atoms. The highest BCUT2D eigenvalue weighted by Gasteiger charge is 2.16. The highest BCUT2D eigenvalue weighted by molar-refractivity contribution is 5.55. The molecule has 1 aromatic rings. The molecule has 1 aromatic carbocycles. The van der Waals surface area contributed by atoms with Crippen molar-refractivity contribution in [2.75, 3.05) is 11.9 Å². The highest BCUT2D eigenvalue weighted by atomic mass is 19.1. The van der Waals surface area contributed by atoms with Crippen molar-refractivity contribution >= 4 is 5.69 Å². The van der Waals surface area contributed by atoms with E-state index in [1.54, 1.807) is 6.07 Å². The Morgan fingerprint density at radius 1 is 1.29 bits per heavy atom. The third-order valence-corrected chi connectivity index (χ3v) is 3.35. The van der Waals surface area contributed by atoms with Gasteiger partial charge in [-0.2, -0.15) is 0 Å². The first-order valence-electron chi connectivity index (χ1n) is 6.29. The third-order valence-electron chi connectivity index (χ3n) is 3.35. The van der Waals surface area contributed by atoms with Gasteiger partial charge >= 0.3 is 0 Å². The van der Waals surface area contributed by atoms with E-state index < -0.39 is 0 Å². The van der Waals surface area contributed by atoms with Gasteiger partial charge in [0.25, 0.3) is 0 Å². The number of halogens is 1. The van der Waals surface area contributed by atoms with E-state index in [-0.39, 0.29) is 11.9 Å². The van der Waals surface area contributed by atoms with E-state index in [4.69, 9.17) is 5.73 Å². The van der Waals surface area contributed by atoms with E-state index in [1.165, 1.54) is 6.07 Å². The molecule has 0 fully saturated rings. The lowest BCUT2D eigenvalue weighted by atomic mass is 10.0. The second kappa shape index (κ2) is 6.01. The van der Waals surface area contributed by atoms with E-state index in [1.807, 2.05) is 13.0 Å². The molecule has 0 aliphatic rings. The summed E-state index contributed by atoms with van der Waals surface area (Å²) >= 11 is 0. The summed E-state index contributed by atoms with van der Waals surface area (Å²) in [5.74, 6) is -0.223. The van der Waals surface area contributed by atoms with Gasteiger partial charge in [0, 0.05) is 24.8 Å². The lowest BCUT2D eigenvalue weighted by molar-refractivity contribution is 0.584. The van der Waals surface area contributed by atoms with Crippen molar-refractivity contribution in [1.82, 2.24) is 0 Å². The van der Waals surface area contributed by atoms with E-state index in [0.29, 0.717) is 6.04 Å². The fraction of sp³-hybridized carbons (Fsp3) is 0.571. The number of benzene rings is 1. The molecular formula is C14H23FN2. The molecule has 0 aromatic heterocycles. The van der Waals surface area contributed by atoms with Crippen LogP contribution in [-0.4, -0.2) is 13.1 Å². The first-order chi connectivity index (χ1) is 8.01. The first-order valence-corrected chi connectivity index (χ1v) is 6.29. The summed E-state index contributed by atoms with van der Waals surface area (Å²) in [6.07, 6.45) is 2.14. The van der Waals surface area contributed by atoms with Crippen molar-refractivity contribution in [3.63, 3.8) is 0 Å². The summed E-state index contributed by atoms with van der Waals surface area (Å²) in [5.41, 5.74) is 7.82. The van der Waals surface area contributed by atoms with Gasteiger partial charge < -0.3 is 10.6 Å². The molecule has 3 heteroatoms. The van der Waals surface area contributed by atoms with Crippen LogP contribution < -0.4 is 10.6 Å². The summed E-state index contributed by atoms with van der Waals surface area (Å²) in [4.78, 5) is 2.21. The Morgan fingerprint density at radius 2 is 1.88 bits per heavy atom. The van der Waals surface area contributed by atoms with E-state index in [0.717, 1.165) is 24.1 Å². The molecule has 0 radical (unpaired) electrons. The largest absolute Gasteiger partial charge is 0.371 e. The number of hydrogen-bond donors (Lipinski definition) is 1. The van der Waals surface area contributed by atoms with E-state index in [2.05, 4.69) is 25.8 Å². The summed E-state index contributed by atoms with van der Waals surface area (Å²) in [7, 11) is 2.05. The summed E-state index contributed by atoms with van der Waals surface area (Å²) in [6.45, 7) is 6.22. The van der Waals surface area contributed by atoms with Crippen molar-refractivity contribution in [1.29, 1.82) is 0 Å². The Hall–Kier alpha value is -1.09. The maximum absolute atomic E-state index is 13.3. The van der Waals surface area contributed by atoms with Gasteiger partial charge in [-0.05, 0) is 43.5 Å². The number of nitrogens with zero attached hydrogens (tertiary/aromatic N) is 1. The van der Waals surface area contributed by atoms with Crippen LogP contribution in [-0.2, 0) is 0 Å². The quantitative estimate of drug-likeness (QED) is 0.851. The van der Waals surface area contributed by atoms with Gasteiger partial charge in [-0.1, -0.05) is 13.8 Å². The van der Waals surface area contributed by atoms with Gasteiger partial charge in [-0.15, -0.1) is 0 Å². The number of hydrogen-bond acceptors (Lipinski definition) is 2. The number of anilines is 1. The van der Waals surface area contributed by atoms with Crippen LogP contribution in [0.4, 0.5) is 10.1 Å².